The molecule has 1 heterocycles. The van der Waals surface area contributed by atoms with Crippen molar-refractivity contribution in [3.8, 4) is 33.4 Å². The van der Waals surface area contributed by atoms with E-state index in [4.69, 9.17) is 27.7 Å². The monoisotopic (exact) mass is 613 g/mol. The van der Waals surface area contributed by atoms with Crippen molar-refractivity contribution in [2.75, 3.05) is 0 Å². The molecular weight excluding hydrogens is 556 g/mol. The number of hydrogen-bond acceptors (Lipinski definition) is 1. The molecule has 1 nitrogen and oxygen atoms in total. The van der Waals surface area contributed by atoms with E-state index in [-0.39, 0.29) is 0 Å². The Labute approximate surface area is 305 Å². The van der Waals surface area contributed by atoms with Gasteiger partial charge in [0, 0.05) is 25.7 Å². The lowest BCUT2D eigenvalue weighted by Crippen LogP contribution is -2.14. The van der Waals surface area contributed by atoms with Crippen molar-refractivity contribution in [1.82, 2.24) is 0 Å². The number of furan rings is 1. The van der Waals surface area contributed by atoms with Gasteiger partial charge in [-0.15, -0.1) is 0 Å². The molecule has 0 N–H and O–H groups in total. The fourth-order valence-electron chi connectivity index (χ4n) is 6.25. The molecule has 1 aliphatic rings. The van der Waals surface area contributed by atoms with Gasteiger partial charge in [-0.25, -0.2) is 0 Å². The summed E-state index contributed by atoms with van der Waals surface area (Å²) in [4.78, 5) is 0. The minimum absolute atomic E-state index is 0.412. The second-order valence-corrected chi connectivity index (χ2v) is 10.9. The van der Waals surface area contributed by atoms with Crippen LogP contribution in [-0.4, -0.2) is 0 Å². The molecule has 0 spiro atoms. The first kappa shape index (κ1) is 10.7. The van der Waals surface area contributed by atoms with Gasteiger partial charge >= 0.3 is 0 Å². The van der Waals surface area contributed by atoms with Gasteiger partial charge in [0.25, 0.3) is 0 Å². The maximum Gasteiger partial charge on any atom is 0.143 e. The van der Waals surface area contributed by atoms with Crippen molar-refractivity contribution in [3.63, 3.8) is 0 Å². The largest absolute Gasteiger partial charge is 0.455 e. The Bertz CT molecular complexity index is 4110. The van der Waals surface area contributed by atoms with Gasteiger partial charge in [-0.3, -0.25) is 0 Å². The average molecular weight is 614 g/mol. The first-order valence-electron chi connectivity index (χ1n) is 27.4. The van der Waals surface area contributed by atoms with E-state index in [2.05, 4.69) is 0 Å². The van der Waals surface area contributed by atoms with Gasteiger partial charge in [-0.2, -0.15) is 0 Å². The number of hydrogen-bond donors (Lipinski definition) is 0. The Morgan fingerprint density at radius 2 is 1.09 bits per heavy atom. The first-order valence-corrected chi connectivity index (χ1v) is 13.9. The van der Waals surface area contributed by atoms with E-state index >= 15 is 0 Å². The lowest BCUT2D eigenvalue weighted by molar-refractivity contribution is 0.660. The minimum Gasteiger partial charge on any atom is -0.455 e. The Kier molecular flexibility index (Phi) is 2.14. The van der Waals surface area contributed by atoms with E-state index in [1.54, 1.807) is 0 Å². The van der Waals surface area contributed by atoms with Crippen LogP contribution in [0.1, 0.15) is 61.9 Å². The molecule has 1 unspecified atom stereocenters. The molecule has 8 aromatic carbocycles. The van der Waals surface area contributed by atoms with Gasteiger partial charge in [0.2, 0.25) is 0 Å². The fraction of sp³-hybridized carbons (Fsp3) is 0.0667. The average Bonchev–Trinajstić information content (AvgIpc) is 3.88. The van der Waals surface area contributed by atoms with E-state index < -0.39 is 256 Å². The first-order chi connectivity index (χ1) is 33.8. The molecule has 0 radical (unpaired) electrons. The zero-order chi connectivity index (χ0) is 54.0. The second-order valence-electron chi connectivity index (χ2n) is 10.9. The van der Waals surface area contributed by atoms with Crippen molar-refractivity contribution in [2.24, 2.45) is 0 Å². The quantitative estimate of drug-likeness (QED) is 0.177. The smallest absolute Gasteiger partial charge is 0.143 e. The van der Waals surface area contributed by atoms with Crippen LogP contribution in [0.15, 0.2) is 149 Å². The predicted molar refractivity (Wildman–Crippen MR) is 195 cm³/mol. The molecule has 46 heavy (non-hydrogen) atoms. The summed E-state index contributed by atoms with van der Waals surface area (Å²) in [6, 6.07) is -21.3. The summed E-state index contributed by atoms with van der Waals surface area (Å²) in [6.07, 6.45) is 0. The molecular formula is C45H30O. The molecule has 10 rings (SSSR count). The third-order valence-corrected chi connectivity index (χ3v) is 8.31. The molecule has 1 heteroatoms. The van der Waals surface area contributed by atoms with E-state index in [1.165, 1.54) is 0 Å². The van der Waals surface area contributed by atoms with E-state index in [0.717, 1.165) is 6.92 Å². The molecule has 216 valence electrons. The van der Waals surface area contributed by atoms with Crippen LogP contribution >= 0.6 is 0 Å². The number of benzene rings is 8. The molecule has 1 aromatic heterocycles. The zero-order valence-corrected chi connectivity index (χ0v) is 23.4. The normalized spacial score (nSPS) is 24.2. The van der Waals surface area contributed by atoms with Crippen LogP contribution in [0.5, 0.6) is 0 Å². The van der Waals surface area contributed by atoms with E-state index in [0.29, 0.717) is 0 Å². The Balaban J connectivity index is 1.49. The third-order valence-electron chi connectivity index (χ3n) is 8.31. The third kappa shape index (κ3) is 3.40. The highest BCUT2D eigenvalue weighted by Gasteiger charge is 2.35. The lowest BCUT2D eigenvalue weighted by atomic mass is 9.80. The van der Waals surface area contributed by atoms with Crippen molar-refractivity contribution >= 4 is 54.3 Å². The zero-order valence-electron chi connectivity index (χ0n) is 50.4. The molecule has 0 saturated heterocycles. The summed E-state index contributed by atoms with van der Waals surface area (Å²) in [5.74, 6) is 0. The summed E-state index contributed by atoms with van der Waals surface area (Å²) in [5, 5.41) is -4.76. The summed E-state index contributed by atoms with van der Waals surface area (Å²) < 4.78 is 250. The van der Waals surface area contributed by atoms with Gasteiger partial charge in [-0.05, 0) is 95.6 Å². The van der Waals surface area contributed by atoms with Crippen LogP contribution in [0.25, 0.3) is 87.6 Å². The predicted octanol–water partition coefficient (Wildman–Crippen LogP) is 12.7. The molecule has 0 saturated carbocycles. The van der Waals surface area contributed by atoms with Crippen LogP contribution in [0.3, 0.4) is 0 Å². The van der Waals surface area contributed by atoms with Crippen molar-refractivity contribution in [2.45, 2.75) is 19.2 Å². The highest BCUT2D eigenvalue weighted by atomic mass is 16.3. The lowest BCUT2D eigenvalue weighted by Gasteiger charge is -2.23. The van der Waals surface area contributed by atoms with Crippen LogP contribution in [0, 0.1) is 0 Å². The highest BCUT2D eigenvalue weighted by Crippen LogP contribution is 2.51. The molecule has 0 amide bonds. The van der Waals surface area contributed by atoms with Gasteiger partial charge < -0.3 is 4.42 Å². The molecule has 1 atom stereocenters. The molecule has 1 aliphatic carbocycles. The van der Waals surface area contributed by atoms with Crippen LogP contribution in [0.2, 0.25) is 0 Å². The van der Waals surface area contributed by atoms with E-state index in [1.807, 2.05) is 0 Å². The maximum atomic E-state index is 9.94. The summed E-state index contributed by atoms with van der Waals surface area (Å²) in [6.45, 7) is -2.24. The topological polar surface area (TPSA) is 13.1 Å². The van der Waals surface area contributed by atoms with Gasteiger partial charge in [0.15, 0.2) is 0 Å². The molecule has 0 bridgehead atoms. The summed E-state index contributed by atoms with van der Waals surface area (Å²) in [5.41, 5.74) is -8.91. The number of rotatable bonds is 2. The minimum atomic E-state index is -3.29. The summed E-state index contributed by atoms with van der Waals surface area (Å²) in [7, 11) is 0. The molecule has 0 aliphatic heterocycles. The fourth-order valence-corrected chi connectivity index (χ4v) is 6.25. The summed E-state index contributed by atoms with van der Waals surface area (Å²) >= 11 is 0. The maximum absolute atomic E-state index is 9.94. The second kappa shape index (κ2) is 9.19. The van der Waals surface area contributed by atoms with E-state index in [9.17, 15) is 13.7 Å². The molecule has 0 fully saturated rings. The number of fused-ring (bicyclic) bond motifs is 10. The standard InChI is InChI=1S/C45H30O/c1-45(2)39-18-10-9-13-31(39)32-22-20-29(26-40(32)45)43-35-16-7-5-14-33(35)42(34-15-6-8-17-36(34)43)28-21-24-41-38(25-28)37-23-19-27-11-3-4-12-30(27)44(37)46-41/h3-26H,1-2H3/i1D3,3D,4D,5D,6D,7D,8D,9D,10D,11D,12D,13D,14D,15D,16D,17D,18D,19D,20D,21D,22D,23D,24D,25D,26D. The SMILES string of the molecule is [2H]c1c([2H])c([2H])c2c(c1[2H])-c1c([2H])c([2H])c(-c3c4c([2H])c([2H])c([2H])c([2H])c4c(-c4c([2H])c([2H])c5oc6c7c([2H])c([2H])c([2H])c([2H])c7c([2H])c([2H])c6c5c4[2H])c4c([2H])c([2H])c([2H])c([2H])c34)c([2H])c1C2(C)C([2H])([2H])[2H]. The Hall–Kier alpha value is -5.66. The van der Waals surface area contributed by atoms with Crippen molar-refractivity contribution < 1.29 is 41.4 Å². The van der Waals surface area contributed by atoms with Crippen LogP contribution in [0.4, 0.5) is 0 Å². The van der Waals surface area contributed by atoms with Gasteiger partial charge in [-0.1, -0.05) is 135 Å². The Morgan fingerprint density at radius 1 is 0.500 bits per heavy atom. The highest BCUT2D eigenvalue weighted by molar-refractivity contribution is 6.23. The van der Waals surface area contributed by atoms with Crippen molar-refractivity contribution in [3.05, 3.63) is 156 Å². The molecule has 9 aromatic rings. The van der Waals surface area contributed by atoms with Gasteiger partial charge in [0.1, 0.15) is 11.2 Å². The van der Waals surface area contributed by atoms with Gasteiger partial charge in [0.05, 0.1) is 32.9 Å². The van der Waals surface area contributed by atoms with Crippen LogP contribution < -0.4 is 0 Å². The van der Waals surface area contributed by atoms with Crippen LogP contribution in [-0.2, 0) is 5.41 Å². The van der Waals surface area contributed by atoms with Crippen molar-refractivity contribution in [1.29, 1.82) is 0 Å². The Morgan fingerprint density at radius 3 is 1.80 bits per heavy atom.